The third kappa shape index (κ3) is 7.48. The highest BCUT2D eigenvalue weighted by atomic mass is 16.5. The fraction of sp³-hybridized carbons (Fsp3) is 0.750. The molecule has 0 unspecified atom stereocenters. The van der Waals surface area contributed by atoms with Crippen molar-refractivity contribution in [1.29, 1.82) is 0 Å². The van der Waals surface area contributed by atoms with Crippen LogP contribution < -0.4 is 0 Å². The molecule has 0 aliphatic heterocycles. The maximum atomic E-state index is 5.15. The highest BCUT2D eigenvalue weighted by Crippen LogP contribution is 1.80. The summed E-state index contributed by atoms with van der Waals surface area (Å²) in [5.74, 6) is 5.71. The van der Waals surface area contributed by atoms with Gasteiger partial charge in [0.1, 0.15) is 0 Å². The summed E-state index contributed by atoms with van der Waals surface area (Å²) in [5, 5.41) is 0. The Balaban J connectivity index is 2.82. The largest absolute Gasteiger partial charge is 0.382 e. The zero-order valence-corrected chi connectivity index (χ0v) is 6.64. The molecule has 58 valence electrons. The summed E-state index contributed by atoms with van der Waals surface area (Å²) in [6, 6.07) is 0. The molecule has 2 nitrogen and oxygen atoms in total. The third-order valence-electron chi connectivity index (χ3n) is 0.980. The zero-order chi connectivity index (χ0) is 7.66. The smallest absolute Gasteiger partial charge is 0.0700 e. The normalized spacial score (nSPS) is 8.60. The molecule has 0 aromatic rings. The highest BCUT2D eigenvalue weighted by molar-refractivity contribution is 4.94. The molecule has 0 fully saturated rings. The Kier molecular flexibility index (Phi) is 8.04. The SMILES string of the molecule is CC#CCCOCCOC. The lowest BCUT2D eigenvalue weighted by molar-refractivity contribution is 0.0737. The van der Waals surface area contributed by atoms with E-state index in [0.717, 1.165) is 6.42 Å². The first-order valence-corrected chi connectivity index (χ1v) is 3.38. The molecule has 0 radical (unpaired) electrons. The van der Waals surface area contributed by atoms with E-state index in [4.69, 9.17) is 9.47 Å². The average molecular weight is 142 g/mol. The Morgan fingerprint density at radius 3 is 2.60 bits per heavy atom. The summed E-state index contributed by atoms with van der Waals surface area (Å²) in [6.45, 7) is 3.88. The van der Waals surface area contributed by atoms with Crippen LogP contribution in [0.1, 0.15) is 13.3 Å². The van der Waals surface area contributed by atoms with Crippen LogP contribution in [0.2, 0.25) is 0 Å². The number of hydrogen-bond acceptors (Lipinski definition) is 2. The summed E-state index contributed by atoms with van der Waals surface area (Å²) in [4.78, 5) is 0. The van der Waals surface area contributed by atoms with Crippen molar-refractivity contribution in [3.63, 3.8) is 0 Å². The van der Waals surface area contributed by atoms with Crippen LogP contribution in [0.15, 0.2) is 0 Å². The van der Waals surface area contributed by atoms with Crippen molar-refractivity contribution in [3.8, 4) is 11.8 Å². The molecule has 0 saturated heterocycles. The second-order valence-electron chi connectivity index (χ2n) is 1.78. The van der Waals surface area contributed by atoms with Gasteiger partial charge in [0.05, 0.1) is 19.8 Å². The molecule has 0 amide bonds. The van der Waals surface area contributed by atoms with Crippen molar-refractivity contribution in [1.82, 2.24) is 0 Å². The van der Waals surface area contributed by atoms with Crippen LogP contribution in [0.3, 0.4) is 0 Å². The van der Waals surface area contributed by atoms with Gasteiger partial charge >= 0.3 is 0 Å². The van der Waals surface area contributed by atoms with Crippen LogP contribution in [0.5, 0.6) is 0 Å². The van der Waals surface area contributed by atoms with Crippen molar-refractivity contribution in [2.75, 3.05) is 26.9 Å². The minimum atomic E-state index is 0.666. The molecule has 0 heterocycles. The first-order valence-electron chi connectivity index (χ1n) is 3.38. The Hall–Kier alpha value is -0.520. The van der Waals surface area contributed by atoms with Crippen molar-refractivity contribution in [3.05, 3.63) is 0 Å². The van der Waals surface area contributed by atoms with Gasteiger partial charge in [-0.2, -0.15) is 0 Å². The van der Waals surface area contributed by atoms with Gasteiger partial charge in [0.2, 0.25) is 0 Å². The van der Waals surface area contributed by atoms with Gasteiger partial charge in [-0.15, -0.1) is 11.8 Å². The van der Waals surface area contributed by atoms with Crippen molar-refractivity contribution in [2.24, 2.45) is 0 Å². The highest BCUT2D eigenvalue weighted by Gasteiger charge is 1.83. The van der Waals surface area contributed by atoms with Gasteiger partial charge in [-0.1, -0.05) is 0 Å². The molecule has 0 N–H and O–H groups in total. The van der Waals surface area contributed by atoms with Crippen LogP contribution in [-0.4, -0.2) is 26.9 Å². The zero-order valence-electron chi connectivity index (χ0n) is 6.64. The van der Waals surface area contributed by atoms with Crippen molar-refractivity contribution >= 4 is 0 Å². The standard InChI is InChI=1S/C8H14O2/c1-3-4-5-6-10-8-7-9-2/h5-8H2,1-2H3. The van der Waals surface area contributed by atoms with E-state index < -0.39 is 0 Å². The first kappa shape index (κ1) is 9.48. The Bertz CT molecular complexity index is 110. The van der Waals surface area contributed by atoms with Crippen LogP contribution >= 0.6 is 0 Å². The topological polar surface area (TPSA) is 18.5 Å². The second-order valence-corrected chi connectivity index (χ2v) is 1.78. The minimum absolute atomic E-state index is 0.666. The van der Waals surface area contributed by atoms with Gasteiger partial charge in [0, 0.05) is 13.5 Å². The van der Waals surface area contributed by atoms with Crippen LogP contribution in [0.25, 0.3) is 0 Å². The number of hydrogen-bond donors (Lipinski definition) is 0. The predicted octanol–water partition coefficient (Wildman–Crippen LogP) is 1.06. The molecule has 0 bridgehead atoms. The van der Waals surface area contributed by atoms with Crippen LogP contribution in [0, 0.1) is 11.8 Å². The quantitative estimate of drug-likeness (QED) is 0.422. The van der Waals surface area contributed by atoms with E-state index >= 15 is 0 Å². The fourth-order valence-corrected chi connectivity index (χ4v) is 0.493. The molecule has 0 aliphatic carbocycles. The summed E-state index contributed by atoms with van der Waals surface area (Å²) >= 11 is 0. The average Bonchev–Trinajstić information content (AvgIpc) is 1.97. The van der Waals surface area contributed by atoms with Gasteiger partial charge in [-0.3, -0.25) is 0 Å². The summed E-state index contributed by atoms with van der Waals surface area (Å²) in [5.41, 5.74) is 0. The van der Waals surface area contributed by atoms with Crippen molar-refractivity contribution < 1.29 is 9.47 Å². The summed E-state index contributed by atoms with van der Waals surface area (Å²) < 4.78 is 9.94. The van der Waals surface area contributed by atoms with Gasteiger partial charge in [-0.25, -0.2) is 0 Å². The summed E-state index contributed by atoms with van der Waals surface area (Å²) in [7, 11) is 1.66. The van der Waals surface area contributed by atoms with E-state index in [9.17, 15) is 0 Å². The minimum Gasteiger partial charge on any atom is -0.382 e. The lowest BCUT2D eigenvalue weighted by Gasteiger charge is -1.98. The Labute approximate surface area is 62.5 Å². The van der Waals surface area contributed by atoms with Gasteiger partial charge < -0.3 is 9.47 Å². The lowest BCUT2D eigenvalue weighted by Crippen LogP contribution is -2.02. The second kappa shape index (κ2) is 8.48. The number of ether oxygens (including phenoxy) is 2. The third-order valence-corrected chi connectivity index (χ3v) is 0.980. The van der Waals surface area contributed by atoms with Gasteiger partial charge in [0.25, 0.3) is 0 Å². The first-order chi connectivity index (χ1) is 4.91. The molecule has 0 atom stereocenters. The molecule has 10 heavy (non-hydrogen) atoms. The van der Waals surface area contributed by atoms with Crippen LogP contribution in [-0.2, 0) is 9.47 Å². The van der Waals surface area contributed by atoms with E-state index in [1.807, 2.05) is 6.92 Å². The summed E-state index contributed by atoms with van der Waals surface area (Å²) in [6.07, 6.45) is 0.820. The van der Waals surface area contributed by atoms with E-state index in [1.54, 1.807) is 7.11 Å². The Morgan fingerprint density at radius 1 is 1.20 bits per heavy atom. The Morgan fingerprint density at radius 2 is 2.00 bits per heavy atom. The molecule has 0 spiro atoms. The molecule has 0 aliphatic rings. The molecule has 2 heteroatoms. The molecule has 0 saturated carbocycles. The number of rotatable bonds is 5. The molecule has 0 aromatic heterocycles. The van der Waals surface area contributed by atoms with E-state index in [-0.39, 0.29) is 0 Å². The maximum absolute atomic E-state index is 5.15. The van der Waals surface area contributed by atoms with Gasteiger partial charge in [0.15, 0.2) is 0 Å². The lowest BCUT2D eigenvalue weighted by atomic mass is 10.4. The molecular weight excluding hydrogens is 128 g/mol. The fourth-order valence-electron chi connectivity index (χ4n) is 0.493. The molecular formula is C8H14O2. The van der Waals surface area contributed by atoms with Gasteiger partial charge in [-0.05, 0) is 6.92 Å². The van der Waals surface area contributed by atoms with Crippen LogP contribution in [0.4, 0.5) is 0 Å². The predicted molar refractivity (Wildman–Crippen MR) is 40.8 cm³/mol. The van der Waals surface area contributed by atoms with E-state index in [1.165, 1.54) is 0 Å². The van der Waals surface area contributed by atoms with E-state index in [0.29, 0.717) is 19.8 Å². The monoisotopic (exact) mass is 142 g/mol. The van der Waals surface area contributed by atoms with Crippen molar-refractivity contribution in [2.45, 2.75) is 13.3 Å². The maximum Gasteiger partial charge on any atom is 0.0700 e. The molecule has 0 rings (SSSR count). The number of methoxy groups -OCH3 is 1. The van der Waals surface area contributed by atoms with E-state index in [2.05, 4.69) is 11.8 Å². The molecule has 0 aromatic carbocycles.